The molecule has 2 aromatic rings. The van der Waals surface area contributed by atoms with E-state index in [2.05, 4.69) is 10.6 Å². The molecule has 0 atom stereocenters. The van der Waals surface area contributed by atoms with Crippen LogP contribution in [0.4, 0.5) is 5.69 Å². The fourth-order valence-corrected chi connectivity index (χ4v) is 2.21. The fourth-order valence-electron chi connectivity index (χ4n) is 2.21. The van der Waals surface area contributed by atoms with Crippen LogP contribution in [0.25, 0.3) is 0 Å². The van der Waals surface area contributed by atoms with Crippen LogP contribution in [-0.4, -0.2) is 31.5 Å². The summed E-state index contributed by atoms with van der Waals surface area (Å²) in [5.74, 6) is -0.464. The first-order chi connectivity index (χ1) is 12.2. The number of benzene rings is 2. The molecule has 2 rings (SSSR count). The van der Waals surface area contributed by atoms with Gasteiger partial charge >= 0.3 is 0 Å². The Bertz CT molecular complexity index is 695. The Kier molecular flexibility index (Phi) is 10.0. The van der Waals surface area contributed by atoms with Crippen LogP contribution in [0.5, 0.6) is 0 Å². The van der Waals surface area contributed by atoms with E-state index in [0.29, 0.717) is 37.6 Å². The number of nitrogens with two attached hydrogens (primary N) is 1. The number of amides is 2. The molecule has 26 heavy (non-hydrogen) atoms. The van der Waals surface area contributed by atoms with Crippen molar-refractivity contribution in [3.8, 4) is 0 Å². The molecule has 0 aliphatic rings. The third-order valence-corrected chi connectivity index (χ3v) is 3.46. The highest BCUT2D eigenvalue weighted by molar-refractivity contribution is 6.03. The Morgan fingerprint density at radius 2 is 1.69 bits per heavy atom. The molecule has 0 aromatic heterocycles. The van der Waals surface area contributed by atoms with Gasteiger partial charge in [0.05, 0.1) is 30.9 Å². The quantitative estimate of drug-likeness (QED) is 0.585. The van der Waals surface area contributed by atoms with Crippen LogP contribution in [0.1, 0.15) is 22.3 Å². The minimum Gasteiger partial charge on any atom is -0.376 e. The van der Waals surface area contributed by atoms with Crippen LogP contribution >= 0.6 is 12.4 Å². The number of halogens is 1. The van der Waals surface area contributed by atoms with Crippen molar-refractivity contribution in [3.63, 3.8) is 0 Å². The van der Waals surface area contributed by atoms with Crippen molar-refractivity contribution in [2.45, 2.75) is 13.0 Å². The Morgan fingerprint density at radius 1 is 1.00 bits per heavy atom. The zero-order chi connectivity index (χ0) is 17.9. The second-order valence-electron chi connectivity index (χ2n) is 5.43. The summed E-state index contributed by atoms with van der Waals surface area (Å²) in [5.41, 5.74) is 7.33. The third kappa shape index (κ3) is 7.23. The zero-order valence-corrected chi connectivity index (χ0v) is 15.3. The van der Waals surface area contributed by atoms with E-state index in [-0.39, 0.29) is 30.6 Å². The third-order valence-electron chi connectivity index (χ3n) is 3.46. The molecule has 0 fully saturated rings. The fraction of sp³-hybridized carbons (Fsp3) is 0.263. The summed E-state index contributed by atoms with van der Waals surface area (Å²) in [6.07, 6.45) is 0.214. The first-order valence-corrected chi connectivity index (χ1v) is 8.19. The van der Waals surface area contributed by atoms with Crippen LogP contribution in [0.15, 0.2) is 54.6 Å². The summed E-state index contributed by atoms with van der Waals surface area (Å²) in [7, 11) is 0. The SMILES string of the molecule is Cl.NCCNC(=O)c1ccccc1NC(=O)CCOCc1ccccc1. The van der Waals surface area contributed by atoms with Crippen molar-refractivity contribution < 1.29 is 14.3 Å². The number of ether oxygens (including phenoxy) is 1. The highest BCUT2D eigenvalue weighted by atomic mass is 35.5. The monoisotopic (exact) mass is 377 g/mol. The van der Waals surface area contributed by atoms with E-state index in [1.165, 1.54) is 0 Å². The molecule has 0 spiro atoms. The van der Waals surface area contributed by atoms with Crippen molar-refractivity contribution in [2.24, 2.45) is 5.73 Å². The van der Waals surface area contributed by atoms with Crippen molar-refractivity contribution in [2.75, 3.05) is 25.0 Å². The molecule has 7 heteroatoms. The molecule has 0 aliphatic heterocycles. The lowest BCUT2D eigenvalue weighted by molar-refractivity contribution is -0.117. The summed E-state index contributed by atoms with van der Waals surface area (Å²) < 4.78 is 5.50. The van der Waals surface area contributed by atoms with Crippen LogP contribution in [0, 0.1) is 0 Å². The lowest BCUT2D eigenvalue weighted by atomic mass is 10.1. The van der Waals surface area contributed by atoms with Gasteiger partial charge in [0, 0.05) is 13.1 Å². The maximum Gasteiger partial charge on any atom is 0.253 e. The Hall–Kier alpha value is -2.41. The van der Waals surface area contributed by atoms with Crippen molar-refractivity contribution in [3.05, 3.63) is 65.7 Å². The van der Waals surface area contributed by atoms with E-state index < -0.39 is 0 Å². The molecule has 0 saturated carbocycles. The number of carbonyl (C=O) groups excluding carboxylic acids is 2. The zero-order valence-electron chi connectivity index (χ0n) is 14.4. The summed E-state index contributed by atoms with van der Waals surface area (Å²) in [6, 6.07) is 16.6. The van der Waals surface area contributed by atoms with Gasteiger partial charge in [0.2, 0.25) is 5.91 Å². The highest BCUT2D eigenvalue weighted by Crippen LogP contribution is 2.15. The van der Waals surface area contributed by atoms with E-state index >= 15 is 0 Å². The number of para-hydroxylation sites is 1. The summed E-state index contributed by atoms with van der Waals surface area (Å²) in [4.78, 5) is 24.2. The molecule has 2 aromatic carbocycles. The van der Waals surface area contributed by atoms with Gasteiger partial charge in [0.1, 0.15) is 0 Å². The van der Waals surface area contributed by atoms with Gasteiger partial charge in [0.25, 0.3) is 5.91 Å². The molecule has 6 nitrogen and oxygen atoms in total. The lowest BCUT2D eigenvalue weighted by Crippen LogP contribution is -2.30. The van der Waals surface area contributed by atoms with Gasteiger partial charge in [-0.15, -0.1) is 12.4 Å². The molecular formula is C19H24ClN3O3. The molecule has 0 unspecified atom stereocenters. The molecule has 0 aliphatic carbocycles. The minimum absolute atomic E-state index is 0. The lowest BCUT2D eigenvalue weighted by Gasteiger charge is -2.11. The summed E-state index contributed by atoms with van der Waals surface area (Å²) >= 11 is 0. The molecule has 4 N–H and O–H groups in total. The van der Waals surface area contributed by atoms with E-state index in [0.717, 1.165) is 5.56 Å². The molecular weight excluding hydrogens is 354 g/mol. The van der Waals surface area contributed by atoms with Crippen molar-refractivity contribution in [1.29, 1.82) is 0 Å². The summed E-state index contributed by atoms with van der Waals surface area (Å²) in [6.45, 7) is 1.52. The standard InChI is InChI=1S/C19H23N3O3.ClH/c20-11-12-21-19(24)16-8-4-5-9-17(16)22-18(23)10-13-25-14-15-6-2-1-3-7-15;/h1-9H,10-14,20H2,(H,21,24)(H,22,23);1H. The average molecular weight is 378 g/mol. The minimum atomic E-state index is -0.262. The maximum atomic E-state index is 12.1. The van der Waals surface area contributed by atoms with Crippen molar-refractivity contribution in [1.82, 2.24) is 5.32 Å². The van der Waals surface area contributed by atoms with Crippen LogP contribution in [0.2, 0.25) is 0 Å². The van der Waals surface area contributed by atoms with Gasteiger partial charge in [-0.25, -0.2) is 0 Å². The Balaban J connectivity index is 0.00000338. The normalized spacial score (nSPS) is 9.88. The number of rotatable bonds is 9. The van der Waals surface area contributed by atoms with Crippen molar-refractivity contribution >= 4 is 29.9 Å². The van der Waals surface area contributed by atoms with Gasteiger partial charge in [-0.1, -0.05) is 42.5 Å². The molecule has 0 bridgehead atoms. The molecule has 0 radical (unpaired) electrons. The van der Waals surface area contributed by atoms with Gasteiger partial charge in [0.15, 0.2) is 0 Å². The van der Waals surface area contributed by atoms with E-state index in [1.54, 1.807) is 24.3 Å². The van der Waals surface area contributed by atoms with E-state index in [1.807, 2.05) is 30.3 Å². The van der Waals surface area contributed by atoms with Crippen LogP contribution in [0.3, 0.4) is 0 Å². The number of nitrogens with one attached hydrogen (secondary N) is 2. The second-order valence-corrected chi connectivity index (χ2v) is 5.43. The number of carbonyl (C=O) groups is 2. The maximum absolute atomic E-state index is 12.1. The predicted octanol–water partition coefficient (Wildman–Crippen LogP) is 2.34. The molecule has 0 saturated heterocycles. The molecule has 0 heterocycles. The largest absolute Gasteiger partial charge is 0.376 e. The Morgan fingerprint density at radius 3 is 2.42 bits per heavy atom. The van der Waals surface area contributed by atoms with Gasteiger partial charge < -0.3 is 21.1 Å². The first-order valence-electron chi connectivity index (χ1n) is 8.19. The Labute approximate surface area is 159 Å². The smallest absolute Gasteiger partial charge is 0.253 e. The molecule has 140 valence electrons. The van der Waals surface area contributed by atoms with E-state index in [9.17, 15) is 9.59 Å². The topological polar surface area (TPSA) is 93.5 Å². The van der Waals surface area contributed by atoms with Crippen LogP contribution in [-0.2, 0) is 16.1 Å². The van der Waals surface area contributed by atoms with Gasteiger partial charge in [-0.2, -0.15) is 0 Å². The summed E-state index contributed by atoms with van der Waals surface area (Å²) in [5, 5.41) is 5.45. The van der Waals surface area contributed by atoms with Crippen LogP contribution < -0.4 is 16.4 Å². The first kappa shape index (κ1) is 21.6. The predicted molar refractivity (Wildman–Crippen MR) is 104 cm³/mol. The van der Waals surface area contributed by atoms with Gasteiger partial charge in [-0.05, 0) is 17.7 Å². The average Bonchev–Trinajstić information content (AvgIpc) is 2.64. The molecule has 2 amide bonds. The van der Waals surface area contributed by atoms with E-state index in [4.69, 9.17) is 10.5 Å². The second kappa shape index (κ2) is 12.0. The van der Waals surface area contributed by atoms with Gasteiger partial charge in [-0.3, -0.25) is 9.59 Å². The highest BCUT2D eigenvalue weighted by Gasteiger charge is 2.12. The number of anilines is 1. The number of hydrogen-bond donors (Lipinski definition) is 3. The number of hydrogen-bond acceptors (Lipinski definition) is 4.